The molecule has 0 aromatic heterocycles. The highest BCUT2D eigenvalue weighted by molar-refractivity contribution is 7.79. The normalized spacial score (nSPS) is 9.79. The highest BCUT2D eigenvalue weighted by Gasteiger charge is 2.15. The first kappa shape index (κ1) is 32.2. The van der Waals surface area contributed by atoms with E-state index >= 15 is 0 Å². The third-order valence-electron chi connectivity index (χ3n) is 5.26. The molecule has 2 nitrogen and oxygen atoms in total. The molecule has 3 rings (SSSR count). The van der Waals surface area contributed by atoms with Gasteiger partial charge in [0.05, 0.1) is 0 Å². The highest BCUT2D eigenvalue weighted by Crippen LogP contribution is 2.32. The summed E-state index contributed by atoms with van der Waals surface area (Å²) in [5, 5.41) is 21.9. The van der Waals surface area contributed by atoms with Crippen molar-refractivity contribution in [1.82, 2.24) is 0 Å². The number of phenolic OH excluding ortho intramolecular Hbond substituents is 1. The van der Waals surface area contributed by atoms with Crippen LogP contribution in [0, 0.1) is 5.92 Å². The summed E-state index contributed by atoms with van der Waals surface area (Å²) in [7, 11) is -0.569. The van der Waals surface area contributed by atoms with E-state index in [1.165, 1.54) is 35.2 Å². The summed E-state index contributed by atoms with van der Waals surface area (Å²) in [5.74, 6) is 0.852. The number of unbranched alkanes of at least 4 members (excludes halogenated alkanes) is 2. The number of benzene rings is 3. The van der Waals surface area contributed by atoms with Crippen molar-refractivity contribution in [2.75, 3.05) is 12.9 Å². The molecule has 0 bridgehead atoms. The Hall–Kier alpha value is -1.80. The van der Waals surface area contributed by atoms with Crippen LogP contribution in [0.25, 0.3) is 0 Å². The number of aliphatic hydroxyl groups is 1. The van der Waals surface area contributed by atoms with Crippen LogP contribution in [-0.2, 0) is 0 Å². The lowest BCUT2D eigenvalue weighted by Crippen LogP contribution is -2.20. The van der Waals surface area contributed by atoms with Gasteiger partial charge in [-0.15, -0.1) is 0 Å². The Bertz CT molecular complexity index is 759. The second kappa shape index (κ2) is 21.7. The molecule has 0 amide bonds. The Labute approximate surface area is 215 Å². The van der Waals surface area contributed by atoms with Crippen molar-refractivity contribution in [2.45, 2.75) is 59.8 Å². The van der Waals surface area contributed by atoms with E-state index in [1.807, 2.05) is 24.3 Å². The summed E-state index contributed by atoms with van der Waals surface area (Å²) in [6.07, 6.45) is 7.98. The number of hydrogen-bond donors (Lipinski definition) is 3. The van der Waals surface area contributed by atoms with Gasteiger partial charge in [-0.25, -0.2) is 0 Å². The molecule has 2 N–H and O–H groups in total. The second-order valence-corrected chi connectivity index (χ2v) is 9.96. The van der Waals surface area contributed by atoms with Gasteiger partial charge in [-0.1, -0.05) is 133 Å². The van der Waals surface area contributed by atoms with Gasteiger partial charge in [0.2, 0.25) is 0 Å². The molecule has 0 unspecified atom stereocenters. The maximum atomic E-state index is 9.49. The lowest BCUT2D eigenvalue weighted by molar-refractivity contribution is 0.219. The van der Waals surface area contributed by atoms with Gasteiger partial charge in [-0.3, -0.25) is 0 Å². The summed E-state index contributed by atoms with van der Waals surface area (Å²) in [6, 6.07) is 28.6. The molecule has 0 fully saturated rings. The molecule has 34 heavy (non-hydrogen) atoms. The summed E-state index contributed by atoms with van der Waals surface area (Å²) in [6.45, 7) is 8.98. The Balaban J connectivity index is 0.000000648. The maximum Gasteiger partial charge on any atom is 0.115 e. The fraction of sp³-hybridized carbons (Fsp3) is 0.400. The number of thiol groups is 1. The van der Waals surface area contributed by atoms with Gasteiger partial charge in [0.15, 0.2) is 0 Å². The Morgan fingerprint density at radius 1 is 0.647 bits per heavy atom. The second-order valence-electron chi connectivity index (χ2n) is 7.74. The number of rotatable bonds is 8. The summed E-state index contributed by atoms with van der Waals surface area (Å²) < 4.78 is 0. The van der Waals surface area contributed by atoms with Crippen molar-refractivity contribution in [1.29, 1.82) is 0 Å². The van der Waals surface area contributed by atoms with Crippen molar-refractivity contribution >= 4 is 36.5 Å². The third kappa shape index (κ3) is 13.2. The molecule has 0 atom stereocenters. The van der Waals surface area contributed by atoms with E-state index < -0.39 is 7.92 Å². The number of phenols is 1. The fourth-order valence-corrected chi connectivity index (χ4v) is 5.39. The molecular formula is C30H45O2PS. The van der Waals surface area contributed by atoms with Crippen LogP contribution in [0.15, 0.2) is 84.9 Å². The van der Waals surface area contributed by atoms with E-state index in [9.17, 15) is 5.11 Å². The predicted octanol–water partition coefficient (Wildman–Crippen LogP) is 7.31. The molecule has 0 aliphatic heterocycles. The molecule has 0 spiro atoms. The van der Waals surface area contributed by atoms with Crippen LogP contribution in [0.3, 0.4) is 0 Å². The number of aliphatic hydroxyl groups excluding tert-OH is 1. The Morgan fingerprint density at radius 2 is 1.03 bits per heavy atom. The first-order valence-corrected chi connectivity index (χ1v) is 14.6. The highest BCUT2D eigenvalue weighted by atomic mass is 32.1. The van der Waals surface area contributed by atoms with Crippen molar-refractivity contribution in [2.24, 2.45) is 5.92 Å². The monoisotopic (exact) mass is 500 g/mol. The van der Waals surface area contributed by atoms with Crippen LogP contribution in [0.5, 0.6) is 5.75 Å². The van der Waals surface area contributed by atoms with Gasteiger partial charge in [0, 0.05) is 6.61 Å². The first-order chi connectivity index (χ1) is 16.6. The summed E-state index contributed by atoms with van der Waals surface area (Å²) in [5.41, 5.74) is 0. The molecule has 0 saturated carbocycles. The quantitative estimate of drug-likeness (QED) is 0.224. The van der Waals surface area contributed by atoms with Crippen LogP contribution in [0.2, 0.25) is 0 Å². The van der Waals surface area contributed by atoms with Crippen LogP contribution in [-0.4, -0.2) is 23.1 Å². The van der Waals surface area contributed by atoms with Crippen LogP contribution in [0.4, 0.5) is 0 Å². The molecule has 3 aromatic carbocycles. The van der Waals surface area contributed by atoms with Gasteiger partial charge in [0.25, 0.3) is 0 Å². The minimum atomic E-state index is -0.569. The van der Waals surface area contributed by atoms with Crippen LogP contribution >= 0.6 is 20.6 Å². The summed E-state index contributed by atoms with van der Waals surface area (Å²) in [4.78, 5) is 0. The van der Waals surface area contributed by atoms with E-state index in [4.69, 9.17) is 5.11 Å². The molecule has 0 heterocycles. The van der Waals surface area contributed by atoms with Crippen molar-refractivity contribution in [3.8, 4) is 5.75 Å². The van der Waals surface area contributed by atoms with Gasteiger partial charge in [-0.2, -0.15) is 12.6 Å². The van der Waals surface area contributed by atoms with E-state index in [2.05, 4.69) is 88.9 Å². The topological polar surface area (TPSA) is 40.5 Å². The van der Waals surface area contributed by atoms with Crippen molar-refractivity contribution < 1.29 is 10.2 Å². The van der Waals surface area contributed by atoms with Gasteiger partial charge < -0.3 is 10.2 Å². The minimum Gasteiger partial charge on any atom is -0.508 e. The Kier molecular flexibility index (Phi) is 20.6. The predicted molar refractivity (Wildman–Crippen MR) is 158 cm³/mol. The Morgan fingerprint density at radius 3 is 1.29 bits per heavy atom. The SMILES string of the molecule is CCC(CC)CO.CCCCC.CS.Oc1ccc(P(c2ccccc2)c2ccccc2)cc1. The van der Waals surface area contributed by atoms with Crippen molar-refractivity contribution in [3.05, 3.63) is 84.9 Å². The average Bonchev–Trinajstić information content (AvgIpc) is 2.90. The van der Waals surface area contributed by atoms with Gasteiger partial charge in [0.1, 0.15) is 5.75 Å². The van der Waals surface area contributed by atoms with Gasteiger partial charge >= 0.3 is 0 Å². The fourth-order valence-electron chi connectivity index (χ4n) is 3.10. The van der Waals surface area contributed by atoms with E-state index in [-0.39, 0.29) is 0 Å². The molecular weight excluding hydrogens is 455 g/mol. The van der Waals surface area contributed by atoms with Crippen LogP contribution in [0.1, 0.15) is 59.8 Å². The van der Waals surface area contributed by atoms with E-state index in [0.717, 1.165) is 12.8 Å². The standard InChI is InChI=1S/C18H15OP.C6H14O.C5H12.CH4S/c19-15-11-13-18(14-12-15)20(16-7-3-1-4-8-16)17-9-5-2-6-10-17;1-3-6(4-2)5-7;1-3-5-4-2;1-2/h1-14,19H;6-7H,3-5H2,1-2H3;3-5H2,1-2H3;2H,1H3. The molecule has 0 radical (unpaired) electrons. The van der Waals surface area contributed by atoms with Crippen molar-refractivity contribution in [3.63, 3.8) is 0 Å². The average molecular weight is 501 g/mol. The van der Waals surface area contributed by atoms with E-state index in [1.54, 1.807) is 18.4 Å². The molecule has 0 saturated heterocycles. The lowest BCUT2D eigenvalue weighted by atomic mass is 10.1. The zero-order valence-electron chi connectivity index (χ0n) is 21.7. The zero-order valence-corrected chi connectivity index (χ0v) is 23.5. The lowest BCUT2D eigenvalue weighted by Gasteiger charge is -2.19. The number of hydrogen-bond acceptors (Lipinski definition) is 3. The largest absolute Gasteiger partial charge is 0.508 e. The summed E-state index contributed by atoms with van der Waals surface area (Å²) >= 11 is 3.53. The molecule has 3 aromatic rings. The molecule has 0 aliphatic carbocycles. The first-order valence-electron chi connectivity index (χ1n) is 12.4. The van der Waals surface area contributed by atoms with E-state index in [0.29, 0.717) is 18.3 Å². The molecule has 188 valence electrons. The smallest absolute Gasteiger partial charge is 0.115 e. The molecule has 4 heteroatoms. The minimum absolute atomic E-state index is 0.310. The molecule has 0 aliphatic rings. The maximum absolute atomic E-state index is 9.49. The third-order valence-corrected chi connectivity index (χ3v) is 7.70. The van der Waals surface area contributed by atoms with Crippen LogP contribution < -0.4 is 15.9 Å². The van der Waals surface area contributed by atoms with Gasteiger partial charge in [-0.05, 0) is 48.1 Å². The number of aromatic hydroxyl groups is 1. The zero-order chi connectivity index (χ0) is 25.6.